The van der Waals surface area contributed by atoms with E-state index in [4.69, 9.17) is 16.3 Å². The van der Waals surface area contributed by atoms with E-state index in [1.54, 1.807) is 0 Å². The molecular formula is C10H16ClNO. The Morgan fingerprint density at radius 2 is 2.38 bits per heavy atom. The Morgan fingerprint density at radius 1 is 1.54 bits per heavy atom. The highest BCUT2D eigenvalue weighted by molar-refractivity contribution is 6.29. The Hall–Kier alpha value is -0.0500. The van der Waals surface area contributed by atoms with Crippen molar-refractivity contribution in [2.45, 2.75) is 31.4 Å². The maximum atomic E-state index is 5.82. The Balaban J connectivity index is 1.97. The summed E-state index contributed by atoms with van der Waals surface area (Å²) in [5, 5.41) is 0.743. The van der Waals surface area contributed by atoms with Crippen LogP contribution < -0.4 is 0 Å². The molecule has 0 radical (unpaired) electrons. The molecule has 0 aromatic carbocycles. The van der Waals surface area contributed by atoms with Crippen molar-refractivity contribution in [1.82, 2.24) is 4.90 Å². The minimum absolute atomic E-state index is 0.463. The van der Waals surface area contributed by atoms with Crippen molar-refractivity contribution < 1.29 is 4.74 Å². The molecular weight excluding hydrogens is 186 g/mol. The summed E-state index contributed by atoms with van der Waals surface area (Å²) in [5.74, 6) is 0. The van der Waals surface area contributed by atoms with E-state index in [0.29, 0.717) is 12.1 Å². The van der Waals surface area contributed by atoms with Crippen molar-refractivity contribution in [2.24, 2.45) is 0 Å². The van der Waals surface area contributed by atoms with Crippen molar-refractivity contribution >= 4 is 11.6 Å². The molecule has 0 aromatic rings. The van der Waals surface area contributed by atoms with Gasteiger partial charge in [0.05, 0.1) is 12.7 Å². The summed E-state index contributed by atoms with van der Waals surface area (Å²) in [5.41, 5.74) is 0. The highest BCUT2D eigenvalue weighted by atomic mass is 35.5. The third kappa shape index (κ3) is 2.06. The molecule has 1 saturated heterocycles. The van der Waals surface area contributed by atoms with Gasteiger partial charge in [-0.05, 0) is 19.3 Å². The van der Waals surface area contributed by atoms with E-state index in [2.05, 4.69) is 11.5 Å². The monoisotopic (exact) mass is 201 g/mol. The fourth-order valence-electron chi connectivity index (χ4n) is 2.42. The number of nitrogens with zero attached hydrogens (tertiary/aromatic N) is 1. The van der Waals surface area contributed by atoms with Crippen molar-refractivity contribution in [2.75, 3.05) is 19.7 Å². The first-order valence-electron chi connectivity index (χ1n) is 4.96. The van der Waals surface area contributed by atoms with E-state index < -0.39 is 0 Å². The standard InChI is InChI=1S/C10H16ClNO/c1-8(11)7-12-5-6-13-10-4-2-3-9(10)12/h9-10H,1-7H2/t9-,10+/m1/s1. The Labute approximate surface area is 84.5 Å². The average molecular weight is 202 g/mol. The third-order valence-corrected chi connectivity index (χ3v) is 3.09. The van der Waals surface area contributed by atoms with Gasteiger partial charge in [-0.1, -0.05) is 18.2 Å². The largest absolute Gasteiger partial charge is 0.375 e. The molecule has 2 fully saturated rings. The number of halogens is 1. The number of ether oxygens (including phenoxy) is 1. The van der Waals surface area contributed by atoms with E-state index in [1.807, 2.05) is 0 Å². The molecule has 74 valence electrons. The van der Waals surface area contributed by atoms with Gasteiger partial charge in [0.25, 0.3) is 0 Å². The number of hydrogen-bond donors (Lipinski definition) is 0. The van der Waals surface area contributed by atoms with Crippen molar-refractivity contribution in [3.63, 3.8) is 0 Å². The first kappa shape index (κ1) is 9.50. The predicted octanol–water partition coefficient (Wildman–Crippen LogP) is 1.99. The highest BCUT2D eigenvalue weighted by Gasteiger charge is 2.35. The lowest BCUT2D eigenvalue weighted by Crippen LogP contribution is -2.48. The summed E-state index contributed by atoms with van der Waals surface area (Å²) in [7, 11) is 0. The molecule has 0 aromatic heterocycles. The molecule has 2 nitrogen and oxygen atoms in total. The smallest absolute Gasteiger partial charge is 0.0731 e. The van der Waals surface area contributed by atoms with Crippen LogP contribution in [0.4, 0.5) is 0 Å². The summed E-state index contributed by atoms with van der Waals surface area (Å²) in [4.78, 5) is 2.41. The molecule has 1 aliphatic heterocycles. The van der Waals surface area contributed by atoms with Gasteiger partial charge in [0.1, 0.15) is 0 Å². The summed E-state index contributed by atoms with van der Waals surface area (Å²) < 4.78 is 5.70. The Bertz CT molecular complexity index is 207. The number of hydrogen-bond acceptors (Lipinski definition) is 2. The lowest BCUT2D eigenvalue weighted by Gasteiger charge is -2.37. The second kappa shape index (κ2) is 3.99. The molecule has 3 heteroatoms. The van der Waals surface area contributed by atoms with E-state index in [0.717, 1.165) is 24.7 Å². The van der Waals surface area contributed by atoms with Gasteiger partial charge in [0.15, 0.2) is 0 Å². The Kier molecular flexibility index (Phi) is 2.92. The zero-order valence-electron chi connectivity index (χ0n) is 7.84. The fourth-order valence-corrected chi connectivity index (χ4v) is 2.58. The van der Waals surface area contributed by atoms with Gasteiger partial charge in [-0.15, -0.1) is 0 Å². The van der Waals surface area contributed by atoms with Gasteiger partial charge in [-0.2, -0.15) is 0 Å². The van der Waals surface area contributed by atoms with Crippen LogP contribution in [0, 0.1) is 0 Å². The average Bonchev–Trinajstić information content (AvgIpc) is 2.51. The molecule has 2 aliphatic rings. The van der Waals surface area contributed by atoms with Crippen molar-refractivity contribution in [3.05, 3.63) is 11.6 Å². The second-order valence-corrected chi connectivity index (χ2v) is 4.43. The van der Waals surface area contributed by atoms with Crippen molar-refractivity contribution in [3.8, 4) is 0 Å². The first-order chi connectivity index (χ1) is 6.27. The predicted molar refractivity (Wildman–Crippen MR) is 53.9 cm³/mol. The van der Waals surface area contributed by atoms with Crippen LogP contribution in [0.3, 0.4) is 0 Å². The van der Waals surface area contributed by atoms with Crippen LogP contribution in [-0.4, -0.2) is 36.7 Å². The summed E-state index contributed by atoms with van der Waals surface area (Å²) >= 11 is 5.82. The second-order valence-electron chi connectivity index (χ2n) is 3.90. The van der Waals surface area contributed by atoms with E-state index >= 15 is 0 Å². The highest BCUT2D eigenvalue weighted by Crippen LogP contribution is 2.30. The summed E-state index contributed by atoms with van der Waals surface area (Å²) in [6.07, 6.45) is 4.23. The lowest BCUT2D eigenvalue weighted by atomic mass is 10.1. The normalized spacial score (nSPS) is 34.5. The zero-order valence-corrected chi connectivity index (χ0v) is 8.59. The minimum atomic E-state index is 0.463. The van der Waals surface area contributed by atoms with Crippen LogP contribution in [0.2, 0.25) is 0 Å². The van der Waals surface area contributed by atoms with E-state index in [1.165, 1.54) is 19.3 Å². The van der Waals surface area contributed by atoms with Gasteiger partial charge in [-0.3, -0.25) is 4.90 Å². The first-order valence-corrected chi connectivity index (χ1v) is 5.34. The van der Waals surface area contributed by atoms with Crippen LogP contribution in [0.1, 0.15) is 19.3 Å². The maximum absolute atomic E-state index is 5.82. The van der Waals surface area contributed by atoms with Crippen LogP contribution >= 0.6 is 11.6 Å². The number of rotatable bonds is 2. The van der Waals surface area contributed by atoms with Crippen LogP contribution in [0.15, 0.2) is 11.6 Å². The molecule has 1 aliphatic carbocycles. The molecule has 13 heavy (non-hydrogen) atoms. The van der Waals surface area contributed by atoms with Crippen LogP contribution in [-0.2, 0) is 4.74 Å². The maximum Gasteiger partial charge on any atom is 0.0731 e. The molecule has 2 atom stereocenters. The van der Waals surface area contributed by atoms with Gasteiger partial charge in [0.2, 0.25) is 0 Å². The molecule has 0 spiro atoms. The molecule has 1 saturated carbocycles. The molecule has 0 unspecified atom stereocenters. The van der Waals surface area contributed by atoms with Crippen LogP contribution in [0.25, 0.3) is 0 Å². The fraction of sp³-hybridized carbons (Fsp3) is 0.800. The van der Waals surface area contributed by atoms with Gasteiger partial charge >= 0.3 is 0 Å². The van der Waals surface area contributed by atoms with E-state index in [9.17, 15) is 0 Å². The molecule has 0 bridgehead atoms. The third-order valence-electron chi connectivity index (χ3n) is 2.97. The van der Waals surface area contributed by atoms with Gasteiger partial charge in [0, 0.05) is 24.2 Å². The molecule has 2 rings (SSSR count). The zero-order chi connectivity index (χ0) is 9.26. The Morgan fingerprint density at radius 3 is 3.15 bits per heavy atom. The molecule has 0 N–H and O–H groups in total. The summed E-state index contributed by atoms with van der Waals surface area (Å²) in [6.45, 7) is 6.43. The van der Waals surface area contributed by atoms with Gasteiger partial charge in [-0.25, -0.2) is 0 Å². The topological polar surface area (TPSA) is 12.5 Å². The number of morpholine rings is 1. The molecule has 1 heterocycles. The summed E-state index contributed by atoms with van der Waals surface area (Å²) in [6, 6.07) is 0.601. The minimum Gasteiger partial charge on any atom is -0.375 e. The van der Waals surface area contributed by atoms with Crippen molar-refractivity contribution in [1.29, 1.82) is 0 Å². The van der Waals surface area contributed by atoms with Crippen LogP contribution in [0.5, 0.6) is 0 Å². The SMILES string of the molecule is C=C(Cl)CN1CCO[C@H]2CCC[C@H]21. The lowest BCUT2D eigenvalue weighted by molar-refractivity contribution is -0.0514. The quantitative estimate of drug-likeness (QED) is 0.678. The number of fused-ring (bicyclic) bond motifs is 1. The van der Waals surface area contributed by atoms with E-state index in [-0.39, 0.29) is 0 Å². The van der Waals surface area contributed by atoms with Gasteiger partial charge < -0.3 is 4.74 Å². The molecule has 0 amide bonds.